The minimum atomic E-state index is -1.01. The maximum Gasteiger partial charge on any atom is 0.339 e. The van der Waals surface area contributed by atoms with Crippen LogP contribution in [0, 0.1) is 6.92 Å². The molecule has 76 valence electrons. The molecular formula is C10H9N3O2. The first-order valence-electron chi connectivity index (χ1n) is 4.38. The molecule has 15 heavy (non-hydrogen) atoms. The van der Waals surface area contributed by atoms with Gasteiger partial charge in [-0.2, -0.15) is 5.10 Å². The molecule has 0 atom stereocenters. The van der Waals surface area contributed by atoms with E-state index in [9.17, 15) is 4.79 Å². The highest BCUT2D eigenvalue weighted by Crippen LogP contribution is 2.13. The first-order chi connectivity index (χ1) is 7.18. The van der Waals surface area contributed by atoms with Gasteiger partial charge in [-0.25, -0.2) is 9.48 Å². The van der Waals surface area contributed by atoms with E-state index >= 15 is 0 Å². The van der Waals surface area contributed by atoms with Gasteiger partial charge in [0.15, 0.2) is 0 Å². The summed E-state index contributed by atoms with van der Waals surface area (Å²) in [5.41, 5.74) is 1.43. The molecule has 2 heterocycles. The van der Waals surface area contributed by atoms with E-state index in [-0.39, 0.29) is 5.56 Å². The first-order valence-corrected chi connectivity index (χ1v) is 4.38. The maximum atomic E-state index is 10.9. The number of aromatic carboxylic acids is 1. The first kappa shape index (κ1) is 9.39. The Kier molecular flexibility index (Phi) is 2.21. The van der Waals surface area contributed by atoms with Crippen molar-refractivity contribution in [2.75, 3.05) is 0 Å². The van der Waals surface area contributed by atoms with Gasteiger partial charge in [0.2, 0.25) is 0 Å². The van der Waals surface area contributed by atoms with Crippen LogP contribution in [0.1, 0.15) is 16.1 Å². The highest BCUT2D eigenvalue weighted by atomic mass is 16.4. The summed E-state index contributed by atoms with van der Waals surface area (Å²) in [6, 6.07) is 3.43. The molecule has 0 fully saturated rings. The summed E-state index contributed by atoms with van der Waals surface area (Å²) in [4.78, 5) is 14.9. The SMILES string of the molecule is Cc1cc(-n2cccn2)c(C(=O)O)cn1. The van der Waals surface area contributed by atoms with Gasteiger partial charge in [-0.3, -0.25) is 4.98 Å². The molecule has 2 rings (SSSR count). The zero-order chi connectivity index (χ0) is 10.8. The molecule has 0 spiro atoms. The fourth-order valence-corrected chi connectivity index (χ4v) is 1.31. The standard InChI is InChI=1S/C10H9N3O2/c1-7-5-9(13-4-2-3-12-13)8(6-11-7)10(14)15/h2-6H,1H3,(H,14,15). The number of nitrogens with zero attached hydrogens (tertiary/aromatic N) is 3. The second kappa shape index (κ2) is 3.53. The number of aromatic nitrogens is 3. The molecule has 0 unspecified atom stereocenters. The Labute approximate surface area is 86.0 Å². The number of hydrogen-bond acceptors (Lipinski definition) is 3. The number of carboxylic acids is 1. The molecule has 0 aliphatic carbocycles. The molecule has 0 saturated heterocycles. The molecular weight excluding hydrogens is 194 g/mol. The molecule has 0 amide bonds. The van der Waals surface area contributed by atoms with Crippen LogP contribution < -0.4 is 0 Å². The van der Waals surface area contributed by atoms with Gasteiger partial charge in [0, 0.05) is 24.3 Å². The minimum absolute atomic E-state index is 0.143. The van der Waals surface area contributed by atoms with E-state index < -0.39 is 5.97 Å². The highest BCUT2D eigenvalue weighted by molar-refractivity contribution is 5.91. The Morgan fingerprint density at radius 2 is 2.33 bits per heavy atom. The third-order valence-corrected chi connectivity index (χ3v) is 2.00. The van der Waals surface area contributed by atoms with Gasteiger partial charge in [-0.05, 0) is 19.1 Å². The van der Waals surface area contributed by atoms with Crippen molar-refractivity contribution in [2.24, 2.45) is 0 Å². The number of aryl methyl sites for hydroxylation is 1. The Hall–Kier alpha value is -2.17. The van der Waals surface area contributed by atoms with Crippen LogP contribution in [0.15, 0.2) is 30.7 Å². The largest absolute Gasteiger partial charge is 0.478 e. The lowest BCUT2D eigenvalue weighted by molar-refractivity contribution is 0.0696. The van der Waals surface area contributed by atoms with Gasteiger partial charge in [-0.1, -0.05) is 0 Å². The molecule has 0 aliphatic rings. The molecule has 2 aromatic rings. The Balaban J connectivity index is 2.63. The van der Waals surface area contributed by atoms with E-state index in [4.69, 9.17) is 5.11 Å². The topological polar surface area (TPSA) is 68.0 Å². The van der Waals surface area contributed by atoms with E-state index in [0.717, 1.165) is 5.69 Å². The fourth-order valence-electron chi connectivity index (χ4n) is 1.31. The summed E-state index contributed by atoms with van der Waals surface area (Å²) in [5.74, 6) is -1.01. The van der Waals surface area contributed by atoms with Crippen LogP contribution >= 0.6 is 0 Å². The van der Waals surface area contributed by atoms with Crippen molar-refractivity contribution in [3.63, 3.8) is 0 Å². The molecule has 1 N–H and O–H groups in total. The average Bonchev–Trinajstić information content (AvgIpc) is 2.69. The summed E-state index contributed by atoms with van der Waals surface area (Å²) >= 11 is 0. The van der Waals surface area contributed by atoms with Gasteiger partial charge < -0.3 is 5.11 Å². The number of carboxylic acid groups (broad SMARTS) is 1. The van der Waals surface area contributed by atoms with Crippen LogP contribution in [-0.2, 0) is 0 Å². The fraction of sp³-hybridized carbons (Fsp3) is 0.100. The molecule has 0 aromatic carbocycles. The summed E-state index contributed by atoms with van der Waals surface area (Å²) in [7, 11) is 0. The third kappa shape index (κ3) is 1.71. The normalized spacial score (nSPS) is 10.2. The number of carbonyl (C=O) groups is 1. The molecule has 2 aromatic heterocycles. The van der Waals surface area contributed by atoms with Crippen LogP contribution in [0.2, 0.25) is 0 Å². The van der Waals surface area contributed by atoms with Crippen molar-refractivity contribution in [1.29, 1.82) is 0 Å². The van der Waals surface area contributed by atoms with Gasteiger partial charge in [-0.15, -0.1) is 0 Å². The van der Waals surface area contributed by atoms with Crippen LogP contribution in [0.3, 0.4) is 0 Å². The van der Waals surface area contributed by atoms with Gasteiger partial charge in [0.25, 0.3) is 0 Å². The maximum absolute atomic E-state index is 10.9. The van der Waals surface area contributed by atoms with Crippen molar-refractivity contribution >= 4 is 5.97 Å². The van der Waals surface area contributed by atoms with Gasteiger partial charge in [0.1, 0.15) is 5.56 Å². The van der Waals surface area contributed by atoms with Crippen molar-refractivity contribution in [2.45, 2.75) is 6.92 Å². The molecule has 5 heteroatoms. The van der Waals surface area contributed by atoms with Crippen LogP contribution in [-0.4, -0.2) is 25.8 Å². The lowest BCUT2D eigenvalue weighted by atomic mass is 10.2. The van der Waals surface area contributed by atoms with Crippen molar-refractivity contribution in [1.82, 2.24) is 14.8 Å². The van der Waals surface area contributed by atoms with E-state index in [1.54, 1.807) is 31.5 Å². The summed E-state index contributed by atoms with van der Waals surface area (Å²) in [6.45, 7) is 1.80. The zero-order valence-electron chi connectivity index (χ0n) is 8.08. The molecule has 0 aliphatic heterocycles. The lowest BCUT2D eigenvalue weighted by Gasteiger charge is -2.06. The number of hydrogen-bond donors (Lipinski definition) is 1. The average molecular weight is 203 g/mol. The second-order valence-electron chi connectivity index (χ2n) is 3.10. The summed E-state index contributed by atoms with van der Waals surface area (Å²) < 4.78 is 1.51. The van der Waals surface area contributed by atoms with Crippen LogP contribution in [0.25, 0.3) is 5.69 Å². The predicted octanol–water partition coefficient (Wildman–Crippen LogP) is 1.27. The van der Waals surface area contributed by atoms with Crippen molar-refractivity contribution < 1.29 is 9.90 Å². The zero-order valence-corrected chi connectivity index (χ0v) is 8.08. The quantitative estimate of drug-likeness (QED) is 0.798. The summed E-state index contributed by atoms with van der Waals surface area (Å²) in [6.07, 6.45) is 4.64. The van der Waals surface area contributed by atoms with E-state index in [2.05, 4.69) is 10.1 Å². The van der Waals surface area contributed by atoms with Crippen LogP contribution in [0.4, 0.5) is 0 Å². The Bertz CT molecular complexity index is 491. The molecule has 0 bridgehead atoms. The van der Waals surface area contributed by atoms with Crippen LogP contribution in [0.5, 0.6) is 0 Å². The molecule has 0 saturated carbocycles. The van der Waals surface area contributed by atoms with Gasteiger partial charge in [0.05, 0.1) is 5.69 Å². The second-order valence-corrected chi connectivity index (χ2v) is 3.10. The molecule has 5 nitrogen and oxygen atoms in total. The highest BCUT2D eigenvalue weighted by Gasteiger charge is 2.12. The molecule has 0 radical (unpaired) electrons. The van der Waals surface area contributed by atoms with E-state index in [1.807, 2.05) is 0 Å². The number of pyridine rings is 1. The smallest absolute Gasteiger partial charge is 0.339 e. The lowest BCUT2D eigenvalue weighted by Crippen LogP contribution is -2.07. The van der Waals surface area contributed by atoms with E-state index in [1.165, 1.54) is 10.9 Å². The van der Waals surface area contributed by atoms with Crippen molar-refractivity contribution in [3.8, 4) is 5.69 Å². The Morgan fingerprint density at radius 3 is 2.93 bits per heavy atom. The van der Waals surface area contributed by atoms with Gasteiger partial charge >= 0.3 is 5.97 Å². The van der Waals surface area contributed by atoms with E-state index in [0.29, 0.717) is 5.69 Å². The van der Waals surface area contributed by atoms with Crippen molar-refractivity contribution in [3.05, 3.63) is 42.0 Å². The summed E-state index contributed by atoms with van der Waals surface area (Å²) in [5, 5.41) is 13.0. The monoisotopic (exact) mass is 203 g/mol. The Morgan fingerprint density at radius 1 is 1.53 bits per heavy atom. The third-order valence-electron chi connectivity index (χ3n) is 2.00. The number of rotatable bonds is 2. The minimum Gasteiger partial charge on any atom is -0.478 e. The predicted molar refractivity (Wildman–Crippen MR) is 53.1 cm³/mol.